The molecular weight excluding hydrogens is 468 g/mol. The SMILES string of the molecule is O=[N+]([O-])c1cc(S(=O)(=O)N2CCOCC2)ccc1N/N=C/c1c2ccccc2cc2ccccc12. The lowest BCUT2D eigenvalue weighted by Crippen LogP contribution is -2.40. The molecule has 178 valence electrons. The quantitative estimate of drug-likeness (QED) is 0.186. The molecule has 1 N–H and O–H groups in total. The van der Waals surface area contributed by atoms with Crippen molar-refractivity contribution in [3.63, 3.8) is 0 Å². The standard InChI is InChI=1S/C25H22N4O5S/c30-29(31)25-16-20(35(32,33)28-11-13-34-14-12-28)9-10-24(25)27-26-17-23-21-7-3-1-5-18(21)15-19-6-2-4-8-22(19)23/h1-10,15-17,27H,11-14H2/b26-17+. The number of morpholine rings is 1. The Balaban J connectivity index is 1.49. The van der Waals surface area contributed by atoms with E-state index < -0.39 is 14.9 Å². The summed E-state index contributed by atoms with van der Waals surface area (Å²) in [6.07, 6.45) is 1.63. The third-order valence-corrected chi connectivity index (χ3v) is 7.86. The molecule has 0 saturated carbocycles. The lowest BCUT2D eigenvalue weighted by Gasteiger charge is -2.26. The minimum absolute atomic E-state index is 0.0942. The normalized spacial score (nSPS) is 15.1. The number of nitrogens with zero attached hydrogens (tertiary/aromatic N) is 3. The molecule has 9 nitrogen and oxygen atoms in total. The summed E-state index contributed by atoms with van der Waals surface area (Å²) in [5.41, 5.74) is 3.32. The highest BCUT2D eigenvalue weighted by molar-refractivity contribution is 7.89. The van der Waals surface area contributed by atoms with Crippen molar-refractivity contribution in [1.29, 1.82) is 0 Å². The molecule has 0 unspecified atom stereocenters. The maximum absolute atomic E-state index is 12.9. The van der Waals surface area contributed by atoms with Crippen LogP contribution in [-0.2, 0) is 14.8 Å². The van der Waals surface area contributed by atoms with Crippen molar-refractivity contribution >= 4 is 49.2 Å². The number of anilines is 1. The van der Waals surface area contributed by atoms with E-state index in [1.807, 2.05) is 48.5 Å². The van der Waals surface area contributed by atoms with Crippen LogP contribution in [0.25, 0.3) is 21.5 Å². The Labute approximate surface area is 201 Å². The molecule has 0 atom stereocenters. The van der Waals surface area contributed by atoms with Gasteiger partial charge in [0.25, 0.3) is 5.69 Å². The maximum atomic E-state index is 12.9. The number of hydrogen-bond acceptors (Lipinski definition) is 7. The predicted molar refractivity (Wildman–Crippen MR) is 135 cm³/mol. The van der Waals surface area contributed by atoms with Crippen molar-refractivity contribution in [2.45, 2.75) is 4.90 Å². The van der Waals surface area contributed by atoms with Gasteiger partial charge in [0.15, 0.2) is 0 Å². The van der Waals surface area contributed by atoms with Crippen molar-refractivity contribution in [3.8, 4) is 0 Å². The van der Waals surface area contributed by atoms with Crippen LogP contribution >= 0.6 is 0 Å². The van der Waals surface area contributed by atoms with Crippen molar-refractivity contribution in [1.82, 2.24) is 4.31 Å². The Morgan fingerprint density at radius 3 is 2.20 bits per heavy atom. The molecular formula is C25H22N4O5S. The second-order valence-corrected chi connectivity index (χ2v) is 9.99. The molecule has 5 rings (SSSR count). The number of nitro groups is 1. The molecule has 0 bridgehead atoms. The van der Waals surface area contributed by atoms with E-state index in [0.717, 1.165) is 33.2 Å². The van der Waals surface area contributed by atoms with Gasteiger partial charge in [-0.1, -0.05) is 48.5 Å². The van der Waals surface area contributed by atoms with Crippen LogP contribution in [-0.4, -0.2) is 50.2 Å². The molecule has 1 saturated heterocycles. The number of nitro benzene ring substituents is 1. The van der Waals surface area contributed by atoms with Gasteiger partial charge in [-0.15, -0.1) is 0 Å². The van der Waals surface area contributed by atoms with Gasteiger partial charge >= 0.3 is 0 Å². The molecule has 1 heterocycles. The van der Waals surface area contributed by atoms with Crippen LogP contribution in [0, 0.1) is 10.1 Å². The molecule has 0 radical (unpaired) electrons. The molecule has 4 aromatic carbocycles. The first-order valence-electron chi connectivity index (χ1n) is 11.0. The van der Waals surface area contributed by atoms with Gasteiger partial charge in [-0.3, -0.25) is 15.5 Å². The summed E-state index contributed by atoms with van der Waals surface area (Å²) < 4.78 is 32.3. The van der Waals surface area contributed by atoms with Crippen molar-refractivity contribution in [2.24, 2.45) is 5.10 Å². The third-order valence-electron chi connectivity index (χ3n) is 5.97. The summed E-state index contributed by atoms with van der Waals surface area (Å²) in [7, 11) is -3.86. The number of ether oxygens (including phenoxy) is 1. The number of rotatable bonds is 6. The first kappa shape index (κ1) is 22.9. The molecule has 35 heavy (non-hydrogen) atoms. The lowest BCUT2D eigenvalue weighted by atomic mass is 9.97. The van der Waals surface area contributed by atoms with Gasteiger partial charge in [0.1, 0.15) is 5.69 Å². The molecule has 1 aliphatic heterocycles. The van der Waals surface area contributed by atoms with Gasteiger partial charge in [-0.05, 0) is 39.7 Å². The topological polar surface area (TPSA) is 114 Å². The highest BCUT2D eigenvalue weighted by Crippen LogP contribution is 2.30. The van der Waals surface area contributed by atoms with Crippen molar-refractivity contribution in [3.05, 3.63) is 88.5 Å². The summed E-state index contributed by atoms with van der Waals surface area (Å²) in [4.78, 5) is 11.0. The van der Waals surface area contributed by atoms with Crippen LogP contribution in [0.3, 0.4) is 0 Å². The largest absolute Gasteiger partial charge is 0.379 e. The van der Waals surface area contributed by atoms with Gasteiger partial charge in [0.05, 0.1) is 29.2 Å². The lowest BCUT2D eigenvalue weighted by molar-refractivity contribution is -0.384. The Hall–Kier alpha value is -3.86. The minimum atomic E-state index is -3.86. The van der Waals surface area contributed by atoms with Gasteiger partial charge in [-0.25, -0.2) is 8.42 Å². The fourth-order valence-electron chi connectivity index (χ4n) is 4.21. The van der Waals surface area contributed by atoms with E-state index >= 15 is 0 Å². The highest BCUT2D eigenvalue weighted by Gasteiger charge is 2.28. The summed E-state index contributed by atoms with van der Waals surface area (Å²) in [6.45, 7) is 0.996. The number of hydrogen-bond donors (Lipinski definition) is 1. The van der Waals surface area contributed by atoms with Gasteiger partial charge < -0.3 is 4.74 Å². The van der Waals surface area contributed by atoms with Gasteiger partial charge in [0, 0.05) is 24.7 Å². The Morgan fingerprint density at radius 1 is 0.943 bits per heavy atom. The Kier molecular flexibility index (Phi) is 6.16. The van der Waals surface area contributed by atoms with Crippen LogP contribution in [0.15, 0.2) is 82.8 Å². The maximum Gasteiger partial charge on any atom is 0.295 e. The summed E-state index contributed by atoms with van der Waals surface area (Å²) in [5, 5.41) is 20.1. The van der Waals surface area contributed by atoms with E-state index in [-0.39, 0.29) is 29.4 Å². The van der Waals surface area contributed by atoms with Gasteiger partial charge in [-0.2, -0.15) is 9.41 Å². The third kappa shape index (κ3) is 4.46. The van der Waals surface area contributed by atoms with Crippen LogP contribution in [0.2, 0.25) is 0 Å². The molecule has 1 aliphatic rings. The second kappa shape index (κ2) is 9.41. The first-order chi connectivity index (χ1) is 16.9. The minimum Gasteiger partial charge on any atom is -0.379 e. The van der Waals surface area contributed by atoms with E-state index in [9.17, 15) is 18.5 Å². The molecule has 4 aromatic rings. The van der Waals surface area contributed by atoms with Crippen LogP contribution in [0.4, 0.5) is 11.4 Å². The van der Waals surface area contributed by atoms with E-state index in [1.54, 1.807) is 6.21 Å². The summed E-state index contributed by atoms with van der Waals surface area (Å²) in [5.74, 6) is 0. The van der Waals surface area contributed by atoms with Crippen LogP contribution in [0.1, 0.15) is 5.56 Å². The van der Waals surface area contributed by atoms with E-state index in [2.05, 4.69) is 16.6 Å². The molecule has 0 aliphatic carbocycles. The average Bonchev–Trinajstić information content (AvgIpc) is 2.88. The highest BCUT2D eigenvalue weighted by atomic mass is 32.2. The van der Waals surface area contributed by atoms with Crippen LogP contribution in [0.5, 0.6) is 0 Å². The number of fused-ring (bicyclic) bond motifs is 2. The summed E-state index contributed by atoms with van der Waals surface area (Å²) >= 11 is 0. The predicted octanol–water partition coefficient (Wildman–Crippen LogP) is 4.37. The fraction of sp³-hybridized carbons (Fsp3) is 0.160. The molecule has 10 heteroatoms. The van der Waals surface area contributed by atoms with E-state index in [1.165, 1.54) is 16.4 Å². The number of hydrazone groups is 1. The average molecular weight is 491 g/mol. The number of nitrogens with one attached hydrogen (secondary N) is 1. The van der Waals surface area contributed by atoms with E-state index in [4.69, 9.17) is 4.74 Å². The van der Waals surface area contributed by atoms with Crippen molar-refractivity contribution < 1.29 is 18.1 Å². The molecule has 0 aromatic heterocycles. The molecule has 0 spiro atoms. The second-order valence-electron chi connectivity index (χ2n) is 8.06. The first-order valence-corrected chi connectivity index (χ1v) is 12.4. The zero-order chi connectivity index (χ0) is 24.4. The Morgan fingerprint density at radius 2 is 1.57 bits per heavy atom. The van der Waals surface area contributed by atoms with Crippen molar-refractivity contribution in [2.75, 3.05) is 31.7 Å². The monoisotopic (exact) mass is 490 g/mol. The fourth-order valence-corrected chi connectivity index (χ4v) is 5.64. The van der Waals surface area contributed by atoms with Crippen LogP contribution < -0.4 is 5.43 Å². The zero-order valence-electron chi connectivity index (χ0n) is 18.6. The van der Waals surface area contributed by atoms with E-state index in [0.29, 0.717) is 13.2 Å². The molecule has 1 fully saturated rings. The number of benzene rings is 4. The zero-order valence-corrected chi connectivity index (χ0v) is 19.4. The van der Waals surface area contributed by atoms with Gasteiger partial charge in [0.2, 0.25) is 10.0 Å². The number of sulfonamides is 1. The molecule has 0 amide bonds. The summed E-state index contributed by atoms with van der Waals surface area (Å²) in [6, 6.07) is 21.7. The smallest absolute Gasteiger partial charge is 0.295 e. The Bertz CT molecular complexity index is 1510.